The summed E-state index contributed by atoms with van der Waals surface area (Å²) in [6.07, 6.45) is 0.965. The highest BCUT2D eigenvalue weighted by atomic mass is 127. The van der Waals surface area contributed by atoms with Crippen molar-refractivity contribution >= 4 is 54.2 Å². The van der Waals surface area contributed by atoms with Crippen molar-refractivity contribution in [1.82, 2.24) is 4.98 Å². The van der Waals surface area contributed by atoms with Crippen LogP contribution in [0.4, 0.5) is 10.6 Å². The van der Waals surface area contributed by atoms with Crippen molar-refractivity contribution in [2.75, 3.05) is 5.32 Å². The topological polar surface area (TPSA) is 75.1 Å². The molecule has 0 bridgehead atoms. The third kappa shape index (κ3) is 4.89. The average molecular weight is 426 g/mol. The van der Waals surface area contributed by atoms with Crippen molar-refractivity contribution in [2.45, 2.75) is 26.4 Å². The number of ether oxygens (including phenoxy) is 1. The van der Waals surface area contributed by atoms with Gasteiger partial charge in [0, 0.05) is 16.2 Å². The zero-order valence-corrected chi connectivity index (χ0v) is 13.9. The van der Waals surface area contributed by atoms with Gasteiger partial charge >= 0.3 is 6.09 Å². The van der Waals surface area contributed by atoms with E-state index in [1.807, 2.05) is 22.6 Å². The van der Waals surface area contributed by atoms with Crippen molar-refractivity contribution in [3.8, 4) is 0 Å². The van der Waals surface area contributed by atoms with Gasteiger partial charge in [-0.05, 0) is 65.4 Å². The van der Waals surface area contributed by atoms with Gasteiger partial charge in [-0.15, -0.1) is 0 Å². The fourth-order valence-electron chi connectivity index (χ4n) is 1.11. The standard InChI is InChI=1S/C11H13BrIN3O2/c1-11(2,3)18-10(17)16-9-7(8(13)14)4-6(12)5-15-9/h4-5,14H,1-3H3,(H,15,16,17). The van der Waals surface area contributed by atoms with Gasteiger partial charge in [0.2, 0.25) is 0 Å². The van der Waals surface area contributed by atoms with Crippen LogP contribution in [0.5, 0.6) is 0 Å². The van der Waals surface area contributed by atoms with Gasteiger partial charge in [-0.25, -0.2) is 9.78 Å². The Hall–Kier alpha value is -0.700. The number of amides is 1. The largest absolute Gasteiger partial charge is 0.444 e. The second-order valence-corrected chi connectivity index (χ2v) is 6.49. The van der Waals surface area contributed by atoms with E-state index in [0.29, 0.717) is 11.4 Å². The summed E-state index contributed by atoms with van der Waals surface area (Å²) >= 11 is 5.13. The maximum Gasteiger partial charge on any atom is 0.413 e. The molecule has 1 rings (SSSR count). The van der Waals surface area contributed by atoms with Crippen molar-refractivity contribution < 1.29 is 9.53 Å². The molecule has 0 saturated heterocycles. The minimum absolute atomic E-state index is 0.285. The third-order valence-corrected chi connectivity index (χ3v) is 2.72. The summed E-state index contributed by atoms with van der Waals surface area (Å²) in [7, 11) is 0. The van der Waals surface area contributed by atoms with Crippen molar-refractivity contribution in [2.24, 2.45) is 0 Å². The molecule has 1 aromatic rings. The lowest BCUT2D eigenvalue weighted by molar-refractivity contribution is 0.0635. The fourth-order valence-corrected chi connectivity index (χ4v) is 1.85. The van der Waals surface area contributed by atoms with E-state index in [0.717, 1.165) is 4.47 Å². The molecule has 1 amide bonds. The SMILES string of the molecule is CC(C)(C)OC(=O)Nc1ncc(Br)cc1C(=N)I. The van der Waals surface area contributed by atoms with Crippen molar-refractivity contribution in [1.29, 1.82) is 5.41 Å². The summed E-state index contributed by atoms with van der Waals surface area (Å²) < 4.78 is 6.16. The number of carbonyl (C=O) groups excluding carboxylic acids is 1. The lowest BCUT2D eigenvalue weighted by Crippen LogP contribution is -2.28. The van der Waals surface area contributed by atoms with Gasteiger partial charge in [-0.1, -0.05) is 0 Å². The van der Waals surface area contributed by atoms with Crippen LogP contribution in [0.1, 0.15) is 26.3 Å². The van der Waals surface area contributed by atoms with E-state index in [1.165, 1.54) is 0 Å². The third-order valence-electron chi connectivity index (χ3n) is 1.71. The smallest absolute Gasteiger partial charge is 0.413 e. The molecular weight excluding hydrogens is 413 g/mol. The van der Waals surface area contributed by atoms with Gasteiger partial charge in [0.25, 0.3) is 0 Å². The number of nitrogens with one attached hydrogen (secondary N) is 2. The number of carbonyl (C=O) groups is 1. The molecule has 0 aliphatic rings. The molecule has 98 valence electrons. The highest BCUT2D eigenvalue weighted by Gasteiger charge is 2.18. The van der Waals surface area contributed by atoms with Crippen LogP contribution in [0.25, 0.3) is 0 Å². The van der Waals surface area contributed by atoms with Crippen LogP contribution in [-0.2, 0) is 4.74 Å². The molecule has 0 unspecified atom stereocenters. The molecular formula is C11H13BrIN3O2. The predicted octanol–water partition coefficient (Wildman–Crippen LogP) is 3.95. The molecule has 7 heteroatoms. The predicted molar refractivity (Wildman–Crippen MR) is 82.6 cm³/mol. The zero-order chi connectivity index (χ0) is 13.9. The van der Waals surface area contributed by atoms with Gasteiger partial charge in [0.1, 0.15) is 15.1 Å². The van der Waals surface area contributed by atoms with Crippen LogP contribution in [0.15, 0.2) is 16.7 Å². The summed E-state index contributed by atoms with van der Waals surface area (Å²) in [5.74, 6) is 0.312. The Bertz CT molecular complexity index is 486. The first-order valence-electron chi connectivity index (χ1n) is 5.09. The molecule has 0 fully saturated rings. The van der Waals surface area contributed by atoms with Gasteiger partial charge in [0.15, 0.2) is 0 Å². The molecule has 0 radical (unpaired) electrons. The zero-order valence-electron chi connectivity index (χ0n) is 10.2. The first kappa shape index (κ1) is 15.4. The number of anilines is 1. The summed E-state index contributed by atoms with van der Waals surface area (Å²) in [5.41, 5.74) is -0.0342. The Morgan fingerprint density at radius 3 is 2.67 bits per heavy atom. The summed E-state index contributed by atoms with van der Waals surface area (Å²) in [5, 5.41) is 10.2. The number of halogens is 2. The highest BCUT2D eigenvalue weighted by molar-refractivity contribution is 14.1. The van der Waals surface area contributed by atoms with Crippen LogP contribution >= 0.6 is 38.5 Å². The van der Waals surface area contributed by atoms with E-state index >= 15 is 0 Å². The lowest BCUT2D eigenvalue weighted by Gasteiger charge is -2.20. The first-order valence-corrected chi connectivity index (χ1v) is 6.96. The minimum Gasteiger partial charge on any atom is -0.444 e. The maximum absolute atomic E-state index is 11.6. The maximum atomic E-state index is 11.6. The molecule has 2 N–H and O–H groups in total. The lowest BCUT2D eigenvalue weighted by atomic mass is 10.2. The average Bonchev–Trinajstić information content (AvgIpc) is 2.17. The van der Waals surface area contributed by atoms with E-state index < -0.39 is 11.7 Å². The number of nitrogens with zero attached hydrogens (tertiary/aromatic N) is 1. The molecule has 0 aromatic carbocycles. The van der Waals surface area contributed by atoms with Crippen LogP contribution in [0.2, 0.25) is 0 Å². The van der Waals surface area contributed by atoms with E-state index in [9.17, 15) is 4.79 Å². The number of rotatable bonds is 2. The van der Waals surface area contributed by atoms with Crippen LogP contribution in [-0.4, -0.2) is 20.4 Å². The Balaban J connectivity index is 2.91. The number of hydrogen-bond acceptors (Lipinski definition) is 4. The molecule has 1 aromatic heterocycles. The van der Waals surface area contributed by atoms with Crippen LogP contribution in [0.3, 0.4) is 0 Å². The van der Waals surface area contributed by atoms with Gasteiger partial charge in [0.05, 0.1) is 0 Å². The molecule has 0 spiro atoms. The summed E-state index contributed by atoms with van der Waals surface area (Å²) in [4.78, 5) is 15.7. The normalized spacial score (nSPS) is 10.9. The van der Waals surface area contributed by atoms with Crippen molar-refractivity contribution in [3.63, 3.8) is 0 Å². The van der Waals surface area contributed by atoms with Crippen LogP contribution in [0, 0.1) is 5.41 Å². The van der Waals surface area contributed by atoms with E-state index in [-0.39, 0.29) is 3.72 Å². The molecule has 0 aliphatic carbocycles. The van der Waals surface area contributed by atoms with Gasteiger partial charge < -0.3 is 4.74 Å². The minimum atomic E-state index is -0.587. The quantitative estimate of drug-likeness (QED) is 0.556. The number of hydrogen-bond donors (Lipinski definition) is 2. The second kappa shape index (κ2) is 5.96. The highest BCUT2D eigenvalue weighted by Crippen LogP contribution is 2.21. The first-order chi connectivity index (χ1) is 8.19. The second-order valence-electron chi connectivity index (χ2n) is 4.49. The van der Waals surface area contributed by atoms with E-state index in [4.69, 9.17) is 10.1 Å². The fraction of sp³-hybridized carbons (Fsp3) is 0.364. The Kier molecular flexibility index (Phi) is 5.09. The number of aromatic nitrogens is 1. The molecule has 0 saturated carbocycles. The molecule has 0 aliphatic heterocycles. The molecule has 18 heavy (non-hydrogen) atoms. The molecule has 1 heterocycles. The molecule has 0 atom stereocenters. The Morgan fingerprint density at radius 1 is 1.56 bits per heavy atom. The monoisotopic (exact) mass is 425 g/mol. The van der Waals surface area contributed by atoms with E-state index in [1.54, 1.807) is 33.0 Å². The van der Waals surface area contributed by atoms with Crippen molar-refractivity contribution in [3.05, 3.63) is 22.3 Å². The summed E-state index contributed by atoms with van der Waals surface area (Å²) in [6.45, 7) is 5.34. The van der Waals surface area contributed by atoms with E-state index in [2.05, 4.69) is 26.2 Å². The van der Waals surface area contributed by atoms with Gasteiger partial charge in [-0.3, -0.25) is 10.7 Å². The Labute approximate surface area is 127 Å². The van der Waals surface area contributed by atoms with Crippen LogP contribution < -0.4 is 5.32 Å². The van der Waals surface area contributed by atoms with Gasteiger partial charge in [-0.2, -0.15) is 0 Å². The summed E-state index contributed by atoms with van der Waals surface area (Å²) in [6, 6.07) is 1.72. The Morgan fingerprint density at radius 2 is 2.17 bits per heavy atom. The molecule has 5 nitrogen and oxygen atoms in total. The number of pyridine rings is 1.